The maximum atomic E-state index is 12.3. The van der Waals surface area contributed by atoms with Gasteiger partial charge in [-0.05, 0) is 79.7 Å². The number of aryl methyl sites for hydroxylation is 1. The zero-order valence-electron chi connectivity index (χ0n) is 13.8. The van der Waals surface area contributed by atoms with Gasteiger partial charge in [0.1, 0.15) is 0 Å². The molecular formula is C16H19Br2N5OS. The molecule has 0 saturated heterocycles. The summed E-state index contributed by atoms with van der Waals surface area (Å²) in [7, 11) is 0. The number of carbonyl (C=O) groups excluding carboxylic acids is 1. The van der Waals surface area contributed by atoms with Crippen molar-refractivity contribution in [2.24, 2.45) is 0 Å². The molecule has 1 fully saturated rings. The number of halogens is 2. The Morgan fingerprint density at radius 1 is 1.28 bits per heavy atom. The summed E-state index contributed by atoms with van der Waals surface area (Å²) in [6.45, 7) is 2.00. The van der Waals surface area contributed by atoms with Crippen LogP contribution in [0.3, 0.4) is 0 Å². The minimum Gasteiger partial charge on any atom is -0.323 e. The molecule has 9 heteroatoms. The number of hydrogen-bond donors (Lipinski definition) is 1. The molecular weight excluding hydrogens is 470 g/mol. The van der Waals surface area contributed by atoms with E-state index in [9.17, 15) is 4.79 Å². The average molecular weight is 489 g/mol. The molecule has 25 heavy (non-hydrogen) atoms. The van der Waals surface area contributed by atoms with Crippen LogP contribution in [-0.2, 0) is 4.79 Å². The Morgan fingerprint density at radius 3 is 2.64 bits per heavy atom. The number of tetrazole rings is 1. The standard InChI is InChI=1S/C16H19Br2N5OS/c1-10-7-12(17)15(13(18)8-10)19-14(24)9-25-16-20-21-22-23(16)11-5-3-2-4-6-11/h7-8,11H,2-6,9H2,1H3,(H,19,24). The van der Waals surface area contributed by atoms with Gasteiger partial charge in [-0.2, -0.15) is 0 Å². The van der Waals surface area contributed by atoms with Gasteiger partial charge in [0.2, 0.25) is 11.1 Å². The van der Waals surface area contributed by atoms with Gasteiger partial charge in [0, 0.05) is 8.95 Å². The molecule has 134 valence electrons. The minimum atomic E-state index is -0.0894. The highest BCUT2D eigenvalue weighted by molar-refractivity contribution is 9.11. The van der Waals surface area contributed by atoms with E-state index in [2.05, 4.69) is 52.7 Å². The predicted octanol–water partition coefficient (Wildman–Crippen LogP) is 4.74. The Bertz CT molecular complexity index is 738. The van der Waals surface area contributed by atoms with Gasteiger partial charge in [0.15, 0.2) is 0 Å². The smallest absolute Gasteiger partial charge is 0.234 e. The first-order chi connectivity index (χ1) is 12.0. The molecule has 0 atom stereocenters. The first-order valence-corrected chi connectivity index (χ1v) is 10.8. The topological polar surface area (TPSA) is 72.7 Å². The number of nitrogens with one attached hydrogen (secondary N) is 1. The zero-order valence-corrected chi connectivity index (χ0v) is 17.8. The normalized spacial score (nSPS) is 15.3. The van der Waals surface area contributed by atoms with E-state index in [-0.39, 0.29) is 11.7 Å². The molecule has 3 rings (SSSR count). The van der Waals surface area contributed by atoms with Gasteiger partial charge in [-0.3, -0.25) is 4.79 Å². The average Bonchev–Trinajstić information content (AvgIpc) is 3.05. The van der Waals surface area contributed by atoms with Crippen molar-refractivity contribution in [3.05, 3.63) is 26.6 Å². The highest BCUT2D eigenvalue weighted by Gasteiger charge is 2.21. The highest BCUT2D eigenvalue weighted by Crippen LogP contribution is 2.33. The van der Waals surface area contributed by atoms with Gasteiger partial charge in [-0.1, -0.05) is 31.0 Å². The van der Waals surface area contributed by atoms with Crippen LogP contribution >= 0.6 is 43.6 Å². The molecule has 1 amide bonds. The van der Waals surface area contributed by atoms with Gasteiger partial charge in [0.25, 0.3) is 0 Å². The van der Waals surface area contributed by atoms with E-state index < -0.39 is 0 Å². The van der Waals surface area contributed by atoms with Gasteiger partial charge in [-0.25, -0.2) is 4.68 Å². The fourth-order valence-corrected chi connectivity index (χ4v) is 5.32. The van der Waals surface area contributed by atoms with Crippen molar-refractivity contribution < 1.29 is 4.79 Å². The van der Waals surface area contributed by atoms with Crippen molar-refractivity contribution in [2.45, 2.75) is 50.2 Å². The zero-order chi connectivity index (χ0) is 17.8. The van der Waals surface area contributed by atoms with E-state index in [0.717, 1.165) is 33.0 Å². The van der Waals surface area contributed by atoms with Crippen molar-refractivity contribution in [1.82, 2.24) is 20.2 Å². The second-order valence-electron chi connectivity index (χ2n) is 6.14. The third kappa shape index (κ3) is 4.83. The van der Waals surface area contributed by atoms with E-state index in [1.807, 2.05) is 23.7 Å². The van der Waals surface area contributed by atoms with E-state index in [1.54, 1.807) is 0 Å². The van der Waals surface area contributed by atoms with E-state index in [4.69, 9.17) is 0 Å². The number of carbonyl (C=O) groups is 1. The van der Waals surface area contributed by atoms with Crippen LogP contribution in [0.2, 0.25) is 0 Å². The fraction of sp³-hybridized carbons (Fsp3) is 0.500. The molecule has 1 aromatic carbocycles. The fourth-order valence-electron chi connectivity index (χ4n) is 2.96. The minimum absolute atomic E-state index is 0.0894. The molecule has 0 spiro atoms. The van der Waals surface area contributed by atoms with Crippen molar-refractivity contribution in [3.63, 3.8) is 0 Å². The lowest BCUT2D eigenvalue weighted by atomic mass is 9.96. The van der Waals surface area contributed by atoms with Crippen molar-refractivity contribution in [3.8, 4) is 0 Å². The highest BCUT2D eigenvalue weighted by atomic mass is 79.9. The monoisotopic (exact) mass is 487 g/mol. The Morgan fingerprint density at radius 2 is 1.96 bits per heavy atom. The van der Waals surface area contributed by atoms with Crippen LogP contribution in [0.15, 0.2) is 26.2 Å². The SMILES string of the molecule is Cc1cc(Br)c(NC(=O)CSc2nnnn2C2CCCCC2)c(Br)c1. The van der Waals surface area contributed by atoms with Crippen LogP contribution in [0.4, 0.5) is 5.69 Å². The quantitative estimate of drug-likeness (QED) is 0.615. The van der Waals surface area contributed by atoms with Gasteiger partial charge in [-0.15, -0.1) is 5.10 Å². The Balaban J connectivity index is 1.61. The number of amides is 1. The molecule has 0 aliphatic heterocycles. The number of rotatable bonds is 5. The lowest BCUT2D eigenvalue weighted by Gasteiger charge is -2.21. The summed E-state index contributed by atoms with van der Waals surface area (Å²) >= 11 is 8.36. The molecule has 1 N–H and O–H groups in total. The van der Waals surface area contributed by atoms with E-state index >= 15 is 0 Å². The summed E-state index contributed by atoms with van der Waals surface area (Å²) in [4.78, 5) is 12.3. The van der Waals surface area contributed by atoms with Crippen molar-refractivity contribution in [2.75, 3.05) is 11.1 Å². The lowest BCUT2D eigenvalue weighted by molar-refractivity contribution is -0.113. The Kier molecular flexibility index (Phi) is 6.51. The Labute approximate surface area is 167 Å². The molecule has 0 bridgehead atoms. The summed E-state index contributed by atoms with van der Waals surface area (Å²) in [5.74, 6) is 0.174. The van der Waals surface area contributed by atoms with Crippen LogP contribution in [0.1, 0.15) is 43.7 Å². The molecule has 1 heterocycles. The molecule has 1 aliphatic carbocycles. The van der Waals surface area contributed by atoms with Crippen molar-refractivity contribution >= 4 is 55.2 Å². The number of anilines is 1. The number of benzene rings is 1. The van der Waals surface area contributed by atoms with Crippen LogP contribution in [0.5, 0.6) is 0 Å². The van der Waals surface area contributed by atoms with Gasteiger partial charge < -0.3 is 5.32 Å². The summed E-state index contributed by atoms with van der Waals surface area (Å²) in [6.07, 6.45) is 5.92. The van der Waals surface area contributed by atoms with Crippen LogP contribution in [-0.4, -0.2) is 31.9 Å². The third-order valence-corrected chi connectivity index (χ3v) is 6.35. The van der Waals surface area contributed by atoms with Crippen molar-refractivity contribution in [1.29, 1.82) is 0 Å². The molecule has 0 radical (unpaired) electrons. The van der Waals surface area contributed by atoms with Crippen LogP contribution in [0, 0.1) is 6.92 Å². The summed E-state index contributed by atoms with van der Waals surface area (Å²) in [6, 6.07) is 4.29. The maximum absolute atomic E-state index is 12.3. The molecule has 0 unspecified atom stereocenters. The Hall–Kier alpha value is -0.930. The summed E-state index contributed by atoms with van der Waals surface area (Å²) < 4.78 is 3.59. The second-order valence-corrected chi connectivity index (χ2v) is 8.79. The van der Waals surface area contributed by atoms with Crippen LogP contribution < -0.4 is 5.32 Å². The molecule has 1 aromatic heterocycles. The summed E-state index contributed by atoms with van der Waals surface area (Å²) in [5.41, 5.74) is 1.85. The van der Waals surface area contributed by atoms with E-state index in [0.29, 0.717) is 11.2 Å². The molecule has 1 aliphatic rings. The summed E-state index contributed by atoms with van der Waals surface area (Å²) in [5, 5.41) is 15.7. The first kappa shape index (κ1) is 18.8. The van der Waals surface area contributed by atoms with Crippen LogP contribution in [0.25, 0.3) is 0 Å². The largest absolute Gasteiger partial charge is 0.323 e. The molecule has 6 nitrogen and oxygen atoms in total. The van der Waals surface area contributed by atoms with Gasteiger partial charge in [0.05, 0.1) is 17.5 Å². The number of aromatic nitrogens is 4. The number of thioether (sulfide) groups is 1. The lowest BCUT2D eigenvalue weighted by Crippen LogP contribution is -2.18. The van der Waals surface area contributed by atoms with E-state index in [1.165, 1.54) is 31.0 Å². The van der Waals surface area contributed by atoms with Gasteiger partial charge >= 0.3 is 0 Å². The second kappa shape index (κ2) is 8.64. The molecule has 1 saturated carbocycles. The number of hydrogen-bond acceptors (Lipinski definition) is 5. The maximum Gasteiger partial charge on any atom is 0.234 e. The first-order valence-electron chi connectivity index (χ1n) is 8.21. The molecule has 2 aromatic rings. The third-order valence-electron chi connectivity index (χ3n) is 4.17. The number of nitrogens with zero attached hydrogens (tertiary/aromatic N) is 4. The predicted molar refractivity (Wildman–Crippen MR) is 106 cm³/mol.